The summed E-state index contributed by atoms with van der Waals surface area (Å²) in [7, 11) is 0. The number of aromatic amines is 1. The van der Waals surface area contributed by atoms with E-state index in [1.807, 2.05) is 25.1 Å². The number of halogens is 1. The zero-order valence-electron chi connectivity index (χ0n) is 8.42. The number of nitrogens with zero attached hydrogens (tertiary/aromatic N) is 1. The van der Waals surface area contributed by atoms with Crippen LogP contribution in [0.25, 0.3) is 0 Å². The Morgan fingerprint density at radius 3 is 3.00 bits per heavy atom. The van der Waals surface area contributed by atoms with E-state index in [9.17, 15) is 0 Å². The lowest BCUT2D eigenvalue weighted by atomic mass is 10.2. The van der Waals surface area contributed by atoms with Crippen LogP contribution in [-0.2, 0) is 6.54 Å². The molecule has 0 unspecified atom stereocenters. The summed E-state index contributed by atoms with van der Waals surface area (Å²) in [5.74, 6) is 0. The second kappa shape index (κ2) is 4.36. The van der Waals surface area contributed by atoms with Gasteiger partial charge in [0.25, 0.3) is 0 Å². The summed E-state index contributed by atoms with van der Waals surface area (Å²) < 4.78 is 0. The Labute approximate surface area is 93.5 Å². The Bertz CT molecular complexity index is 417. The van der Waals surface area contributed by atoms with Crippen LogP contribution < -0.4 is 5.32 Å². The molecule has 15 heavy (non-hydrogen) atoms. The molecular formula is C11H12ClN3. The molecule has 4 heteroatoms. The molecule has 0 aliphatic rings. The molecule has 0 saturated carbocycles. The van der Waals surface area contributed by atoms with E-state index in [1.54, 1.807) is 12.5 Å². The first kappa shape index (κ1) is 10.1. The fraction of sp³-hybridized carbons (Fsp3) is 0.182. The van der Waals surface area contributed by atoms with Crippen LogP contribution in [-0.4, -0.2) is 9.97 Å². The second-order valence-corrected chi connectivity index (χ2v) is 3.77. The highest BCUT2D eigenvalue weighted by Gasteiger charge is 2.02. The molecule has 78 valence electrons. The van der Waals surface area contributed by atoms with Crippen molar-refractivity contribution in [2.45, 2.75) is 13.5 Å². The Balaban J connectivity index is 2.11. The van der Waals surface area contributed by atoms with Crippen molar-refractivity contribution >= 4 is 17.3 Å². The van der Waals surface area contributed by atoms with Crippen LogP contribution in [0, 0.1) is 6.92 Å². The molecule has 0 radical (unpaired) electrons. The van der Waals surface area contributed by atoms with Crippen LogP contribution in [0.3, 0.4) is 0 Å². The highest BCUT2D eigenvalue weighted by atomic mass is 35.5. The molecule has 2 rings (SSSR count). The first-order chi connectivity index (χ1) is 7.27. The summed E-state index contributed by atoms with van der Waals surface area (Å²) in [6.07, 6.45) is 3.45. The van der Waals surface area contributed by atoms with Gasteiger partial charge in [0.05, 0.1) is 29.3 Å². The number of imidazole rings is 1. The zero-order chi connectivity index (χ0) is 10.7. The van der Waals surface area contributed by atoms with Crippen molar-refractivity contribution < 1.29 is 0 Å². The van der Waals surface area contributed by atoms with Crippen LogP contribution in [0.4, 0.5) is 5.69 Å². The molecule has 0 bridgehead atoms. The number of anilines is 1. The van der Waals surface area contributed by atoms with Gasteiger partial charge < -0.3 is 10.3 Å². The monoisotopic (exact) mass is 221 g/mol. The Hall–Kier alpha value is -1.48. The van der Waals surface area contributed by atoms with E-state index in [2.05, 4.69) is 15.3 Å². The molecule has 3 nitrogen and oxygen atoms in total. The number of rotatable bonds is 3. The molecule has 0 saturated heterocycles. The van der Waals surface area contributed by atoms with E-state index in [4.69, 9.17) is 11.6 Å². The van der Waals surface area contributed by atoms with Gasteiger partial charge in [-0.15, -0.1) is 0 Å². The van der Waals surface area contributed by atoms with E-state index in [0.717, 1.165) is 22.0 Å². The van der Waals surface area contributed by atoms with Crippen LogP contribution in [0.2, 0.25) is 5.02 Å². The summed E-state index contributed by atoms with van der Waals surface area (Å²) in [4.78, 5) is 6.98. The third-order valence-electron chi connectivity index (χ3n) is 2.23. The maximum atomic E-state index is 6.08. The highest BCUT2D eigenvalue weighted by molar-refractivity contribution is 6.33. The fourth-order valence-corrected chi connectivity index (χ4v) is 1.71. The lowest BCUT2D eigenvalue weighted by Crippen LogP contribution is -2.01. The smallest absolute Gasteiger partial charge is 0.0922 e. The van der Waals surface area contributed by atoms with Crippen molar-refractivity contribution in [1.82, 2.24) is 9.97 Å². The van der Waals surface area contributed by atoms with Crippen molar-refractivity contribution in [3.63, 3.8) is 0 Å². The van der Waals surface area contributed by atoms with Crippen molar-refractivity contribution in [1.29, 1.82) is 0 Å². The molecule has 0 fully saturated rings. The second-order valence-electron chi connectivity index (χ2n) is 3.36. The van der Waals surface area contributed by atoms with Crippen molar-refractivity contribution in [3.8, 4) is 0 Å². The Kier molecular flexibility index (Phi) is 2.92. The molecule has 0 atom stereocenters. The third-order valence-corrected chi connectivity index (χ3v) is 2.55. The number of hydrogen-bond donors (Lipinski definition) is 2. The van der Waals surface area contributed by atoms with Gasteiger partial charge in [0.15, 0.2) is 0 Å². The van der Waals surface area contributed by atoms with Crippen LogP contribution >= 0.6 is 11.6 Å². The molecule has 2 N–H and O–H groups in total. The van der Waals surface area contributed by atoms with E-state index < -0.39 is 0 Å². The molecule has 1 aromatic carbocycles. The van der Waals surface area contributed by atoms with E-state index in [-0.39, 0.29) is 0 Å². The molecule has 0 spiro atoms. The Morgan fingerprint density at radius 1 is 1.47 bits per heavy atom. The predicted octanol–water partition coefficient (Wildman–Crippen LogP) is 2.98. The molecule has 2 aromatic rings. The molecular weight excluding hydrogens is 210 g/mol. The summed E-state index contributed by atoms with van der Waals surface area (Å²) in [5, 5.41) is 4.03. The van der Waals surface area contributed by atoms with Gasteiger partial charge in [-0.3, -0.25) is 0 Å². The number of nitrogens with one attached hydrogen (secondary N) is 2. The minimum absolute atomic E-state index is 0.699. The predicted molar refractivity (Wildman–Crippen MR) is 62.1 cm³/mol. The largest absolute Gasteiger partial charge is 0.378 e. The van der Waals surface area contributed by atoms with Gasteiger partial charge in [0, 0.05) is 6.20 Å². The van der Waals surface area contributed by atoms with Gasteiger partial charge in [-0.25, -0.2) is 4.98 Å². The summed E-state index contributed by atoms with van der Waals surface area (Å²) in [6.45, 7) is 2.73. The van der Waals surface area contributed by atoms with Crippen LogP contribution in [0.5, 0.6) is 0 Å². The van der Waals surface area contributed by atoms with Gasteiger partial charge in [-0.1, -0.05) is 23.7 Å². The van der Waals surface area contributed by atoms with Gasteiger partial charge in [0.1, 0.15) is 0 Å². The number of aryl methyl sites for hydroxylation is 1. The lowest BCUT2D eigenvalue weighted by molar-refractivity contribution is 1.07. The van der Waals surface area contributed by atoms with Gasteiger partial charge >= 0.3 is 0 Å². The van der Waals surface area contributed by atoms with E-state index >= 15 is 0 Å². The fourth-order valence-electron chi connectivity index (χ4n) is 1.42. The highest BCUT2D eigenvalue weighted by Crippen LogP contribution is 2.25. The minimum atomic E-state index is 0.699. The maximum absolute atomic E-state index is 6.08. The van der Waals surface area contributed by atoms with Crippen LogP contribution in [0.1, 0.15) is 11.3 Å². The van der Waals surface area contributed by atoms with Gasteiger partial charge in [-0.2, -0.15) is 0 Å². The SMILES string of the molecule is Cc1cccc(Cl)c1NCc1cnc[nH]1. The van der Waals surface area contributed by atoms with Gasteiger partial charge in [0.2, 0.25) is 0 Å². The molecule has 1 heterocycles. The number of benzene rings is 1. The minimum Gasteiger partial charge on any atom is -0.378 e. The number of para-hydroxylation sites is 1. The number of hydrogen-bond acceptors (Lipinski definition) is 2. The topological polar surface area (TPSA) is 40.7 Å². The average Bonchev–Trinajstić information content (AvgIpc) is 2.70. The lowest BCUT2D eigenvalue weighted by Gasteiger charge is -2.10. The number of aromatic nitrogens is 2. The average molecular weight is 222 g/mol. The summed E-state index contributed by atoms with van der Waals surface area (Å²) >= 11 is 6.08. The van der Waals surface area contributed by atoms with Crippen molar-refractivity contribution in [3.05, 3.63) is 47.0 Å². The number of H-pyrrole nitrogens is 1. The summed E-state index contributed by atoms with van der Waals surface area (Å²) in [5.41, 5.74) is 3.16. The maximum Gasteiger partial charge on any atom is 0.0922 e. The molecule has 0 amide bonds. The van der Waals surface area contributed by atoms with Crippen LogP contribution in [0.15, 0.2) is 30.7 Å². The quantitative estimate of drug-likeness (QED) is 0.837. The summed E-state index contributed by atoms with van der Waals surface area (Å²) in [6, 6.07) is 5.85. The van der Waals surface area contributed by atoms with E-state index in [1.165, 1.54) is 0 Å². The first-order valence-corrected chi connectivity index (χ1v) is 5.11. The van der Waals surface area contributed by atoms with Gasteiger partial charge in [-0.05, 0) is 18.6 Å². The molecule has 0 aliphatic carbocycles. The third kappa shape index (κ3) is 2.30. The Morgan fingerprint density at radius 2 is 2.33 bits per heavy atom. The standard InChI is InChI=1S/C11H12ClN3/c1-8-3-2-4-10(12)11(8)14-6-9-5-13-7-15-9/h2-5,7,14H,6H2,1H3,(H,13,15). The first-order valence-electron chi connectivity index (χ1n) is 4.73. The zero-order valence-corrected chi connectivity index (χ0v) is 9.17. The van der Waals surface area contributed by atoms with Crippen molar-refractivity contribution in [2.24, 2.45) is 0 Å². The van der Waals surface area contributed by atoms with Crippen molar-refractivity contribution in [2.75, 3.05) is 5.32 Å². The molecule has 0 aliphatic heterocycles. The normalized spacial score (nSPS) is 10.3. The molecule has 1 aromatic heterocycles. The van der Waals surface area contributed by atoms with E-state index in [0.29, 0.717) is 6.54 Å².